The Hall–Kier alpha value is -0.770. The zero-order valence-corrected chi connectivity index (χ0v) is 11.6. The lowest BCUT2D eigenvalue weighted by Gasteiger charge is -2.35. The average Bonchev–Trinajstić information content (AvgIpc) is 2.31. The molecule has 1 heterocycles. The summed E-state index contributed by atoms with van der Waals surface area (Å²) in [7, 11) is 0. The van der Waals surface area contributed by atoms with E-state index in [0.717, 1.165) is 0 Å². The van der Waals surface area contributed by atoms with Gasteiger partial charge in [-0.05, 0) is 38.0 Å². The van der Waals surface area contributed by atoms with E-state index in [1.807, 2.05) is 0 Å². The molecule has 1 fully saturated rings. The van der Waals surface area contributed by atoms with Crippen molar-refractivity contribution in [3.05, 3.63) is 33.8 Å². The van der Waals surface area contributed by atoms with Crippen molar-refractivity contribution in [3.63, 3.8) is 0 Å². The van der Waals surface area contributed by atoms with Gasteiger partial charge in [0, 0.05) is 18.1 Å². The van der Waals surface area contributed by atoms with E-state index < -0.39 is 5.60 Å². The predicted octanol–water partition coefficient (Wildman–Crippen LogP) is 2.98. The zero-order chi connectivity index (χ0) is 13.3. The SMILES string of the molecule is CC1(O)CCN(C(=O)c2cc(Cl)ccc2Cl)CC1. The molecule has 0 bridgehead atoms. The predicted molar refractivity (Wildman–Crippen MR) is 72.2 cm³/mol. The van der Waals surface area contributed by atoms with E-state index in [2.05, 4.69) is 0 Å². The van der Waals surface area contributed by atoms with Crippen molar-refractivity contribution in [2.75, 3.05) is 13.1 Å². The van der Waals surface area contributed by atoms with E-state index in [4.69, 9.17) is 23.2 Å². The molecular weight excluding hydrogens is 273 g/mol. The first-order valence-electron chi connectivity index (χ1n) is 5.86. The summed E-state index contributed by atoms with van der Waals surface area (Å²) in [6, 6.07) is 4.86. The normalized spacial score (nSPS) is 18.8. The molecule has 1 aliphatic heterocycles. The Labute approximate surface area is 116 Å². The Morgan fingerprint density at radius 3 is 2.56 bits per heavy atom. The number of amides is 1. The maximum atomic E-state index is 12.3. The summed E-state index contributed by atoms with van der Waals surface area (Å²) in [5.74, 6) is -0.127. The number of likely N-dealkylation sites (tertiary alicyclic amines) is 1. The topological polar surface area (TPSA) is 40.5 Å². The van der Waals surface area contributed by atoms with E-state index in [0.29, 0.717) is 41.5 Å². The van der Waals surface area contributed by atoms with E-state index in [1.165, 1.54) is 0 Å². The van der Waals surface area contributed by atoms with Crippen molar-refractivity contribution >= 4 is 29.1 Å². The third kappa shape index (κ3) is 2.97. The average molecular weight is 288 g/mol. The van der Waals surface area contributed by atoms with Gasteiger partial charge in [-0.1, -0.05) is 23.2 Å². The molecule has 1 aromatic rings. The largest absolute Gasteiger partial charge is 0.390 e. The Balaban J connectivity index is 2.15. The molecule has 2 rings (SSSR count). The van der Waals surface area contributed by atoms with Crippen LogP contribution in [-0.2, 0) is 0 Å². The highest BCUT2D eigenvalue weighted by Crippen LogP contribution is 2.26. The molecule has 0 unspecified atom stereocenters. The van der Waals surface area contributed by atoms with Crippen LogP contribution >= 0.6 is 23.2 Å². The van der Waals surface area contributed by atoms with E-state index in [1.54, 1.807) is 30.0 Å². The molecule has 1 aliphatic rings. The lowest BCUT2D eigenvalue weighted by atomic mass is 9.93. The second-order valence-corrected chi connectivity index (χ2v) is 5.76. The monoisotopic (exact) mass is 287 g/mol. The minimum absolute atomic E-state index is 0.127. The molecule has 0 radical (unpaired) electrons. The lowest BCUT2D eigenvalue weighted by Crippen LogP contribution is -2.45. The van der Waals surface area contributed by atoms with Gasteiger partial charge in [0.15, 0.2) is 0 Å². The molecule has 98 valence electrons. The molecule has 0 spiro atoms. The van der Waals surface area contributed by atoms with Gasteiger partial charge in [0.25, 0.3) is 5.91 Å². The number of rotatable bonds is 1. The molecule has 0 atom stereocenters. The van der Waals surface area contributed by atoms with Crippen LogP contribution in [0.4, 0.5) is 0 Å². The van der Waals surface area contributed by atoms with Crippen molar-refractivity contribution in [2.24, 2.45) is 0 Å². The number of piperidine rings is 1. The summed E-state index contributed by atoms with van der Waals surface area (Å²) in [4.78, 5) is 14.0. The molecule has 1 amide bonds. The standard InChI is InChI=1S/C13H15Cl2NO2/c1-13(18)4-6-16(7-5-13)12(17)10-8-9(14)2-3-11(10)15/h2-3,8,18H,4-7H2,1H3. The fourth-order valence-corrected chi connectivity index (χ4v) is 2.39. The van der Waals surface area contributed by atoms with Crippen LogP contribution in [-0.4, -0.2) is 34.6 Å². The fourth-order valence-electron chi connectivity index (χ4n) is 2.02. The van der Waals surface area contributed by atoms with Crippen LogP contribution in [0.25, 0.3) is 0 Å². The summed E-state index contributed by atoms with van der Waals surface area (Å²) in [5.41, 5.74) is -0.250. The molecule has 0 aromatic heterocycles. The highest BCUT2D eigenvalue weighted by Gasteiger charge is 2.30. The highest BCUT2D eigenvalue weighted by atomic mass is 35.5. The summed E-state index contributed by atoms with van der Waals surface area (Å²) in [6.07, 6.45) is 1.16. The third-order valence-electron chi connectivity index (χ3n) is 3.29. The second kappa shape index (κ2) is 5.08. The van der Waals surface area contributed by atoms with Gasteiger partial charge in [0.1, 0.15) is 0 Å². The minimum atomic E-state index is -0.672. The highest BCUT2D eigenvalue weighted by molar-refractivity contribution is 6.35. The first-order chi connectivity index (χ1) is 8.39. The fraction of sp³-hybridized carbons (Fsp3) is 0.462. The Morgan fingerprint density at radius 2 is 1.94 bits per heavy atom. The number of hydrogen-bond acceptors (Lipinski definition) is 2. The quantitative estimate of drug-likeness (QED) is 0.863. The van der Waals surface area contributed by atoms with E-state index in [-0.39, 0.29) is 5.91 Å². The minimum Gasteiger partial charge on any atom is -0.390 e. The van der Waals surface area contributed by atoms with Crippen molar-refractivity contribution in [1.82, 2.24) is 4.90 Å². The van der Waals surface area contributed by atoms with E-state index in [9.17, 15) is 9.90 Å². The van der Waals surface area contributed by atoms with Gasteiger partial charge >= 0.3 is 0 Å². The number of halogens is 2. The van der Waals surface area contributed by atoms with Crippen LogP contribution in [0.15, 0.2) is 18.2 Å². The first kappa shape index (κ1) is 13.7. The van der Waals surface area contributed by atoms with Crippen molar-refractivity contribution in [2.45, 2.75) is 25.4 Å². The van der Waals surface area contributed by atoms with Crippen LogP contribution in [0.2, 0.25) is 10.0 Å². The molecule has 1 N–H and O–H groups in total. The molecule has 0 aliphatic carbocycles. The van der Waals surface area contributed by atoms with Crippen molar-refractivity contribution < 1.29 is 9.90 Å². The van der Waals surface area contributed by atoms with Crippen molar-refractivity contribution in [1.29, 1.82) is 0 Å². The van der Waals surface area contributed by atoms with Crippen LogP contribution < -0.4 is 0 Å². The second-order valence-electron chi connectivity index (χ2n) is 4.91. The maximum Gasteiger partial charge on any atom is 0.255 e. The Bertz CT molecular complexity index is 464. The molecule has 0 saturated carbocycles. The molecule has 5 heteroatoms. The van der Waals surface area contributed by atoms with Gasteiger partial charge < -0.3 is 10.0 Å². The molecular formula is C13H15Cl2NO2. The van der Waals surface area contributed by atoms with Gasteiger partial charge in [-0.3, -0.25) is 4.79 Å². The van der Waals surface area contributed by atoms with Gasteiger partial charge in [-0.25, -0.2) is 0 Å². The van der Waals surface area contributed by atoms with Crippen LogP contribution in [0.1, 0.15) is 30.1 Å². The lowest BCUT2D eigenvalue weighted by molar-refractivity contribution is -0.00201. The molecule has 18 heavy (non-hydrogen) atoms. The summed E-state index contributed by atoms with van der Waals surface area (Å²) >= 11 is 11.9. The molecule has 1 aromatic carbocycles. The van der Waals surface area contributed by atoms with E-state index >= 15 is 0 Å². The molecule has 1 saturated heterocycles. The van der Waals surface area contributed by atoms with Gasteiger partial charge in [0.05, 0.1) is 16.2 Å². The van der Waals surface area contributed by atoms with Crippen LogP contribution in [0, 0.1) is 0 Å². The molecule has 3 nitrogen and oxygen atoms in total. The summed E-state index contributed by atoms with van der Waals surface area (Å²) < 4.78 is 0. The number of hydrogen-bond donors (Lipinski definition) is 1. The number of carbonyl (C=O) groups is 1. The number of benzene rings is 1. The first-order valence-corrected chi connectivity index (χ1v) is 6.61. The number of nitrogens with zero attached hydrogens (tertiary/aromatic N) is 1. The van der Waals surface area contributed by atoms with Crippen molar-refractivity contribution in [3.8, 4) is 0 Å². The Kier molecular flexibility index (Phi) is 3.85. The van der Waals surface area contributed by atoms with Gasteiger partial charge in [-0.2, -0.15) is 0 Å². The third-order valence-corrected chi connectivity index (χ3v) is 3.85. The summed E-state index contributed by atoms with van der Waals surface area (Å²) in [5, 5.41) is 10.8. The van der Waals surface area contributed by atoms with Gasteiger partial charge in [-0.15, -0.1) is 0 Å². The smallest absolute Gasteiger partial charge is 0.255 e. The number of carbonyl (C=O) groups excluding carboxylic acids is 1. The zero-order valence-electron chi connectivity index (χ0n) is 10.1. The van der Waals surface area contributed by atoms with Gasteiger partial charge in [0.2, 0.25) is 0 Å². The number of aliphatic hydroxyl groups is 1. The maximum absolute atomic E-state index is 12.3. The summed E-state index contributed by atoms with van der Waals surface area (Å²) in [6.45, 7) is 2.87. The Morgan fingerprint density at radius 1 is 1.33 bits per heavy atom. The van der Waals surface area contributed by atoms with Crippen LogP contribution in [0.5, 0.6) is 0 Å². The van der Waals surface area contributed by atoms with Crippen LogP contribution in [0.3, 0.4) is 0 Å².